The Morgan fingerprint density at radius 3 is 2.92 bits per heavy atom. The molecule has 0 aliphatic heterocycles. The number of rotatable bonds is 4. The normalized spacial score (nSPS) is 11.5. The van der Waals surface area contributed by atoms with Crippen molar-refractivity contribution < 1.29 is 9.84 Å². The van der Waals surface area contributed by atoms with Crippen molar-refractivity contribution in [3.8, 4) is 17.6 Å². The van der Waals surface area contributed by atoms with Crippen molar-refractivity contribution in [3.63, 3.8) is 0 Å². The van der Waals surface area contributed by atoms with E-state index in [-0.39, 0.29) is 5.75 Å². The number of nitrogens with one attached hydrogen (secondary N) is 1. The van der Waals surface area contributed by atoms with Crippen LogP contribution in [0.1, 0.15) is 23.9 Å². The molecule has 3 aromatic rings. The number of H-pyrrole nitrogens is 1. The number of hydrogen-bond acceptors (Lipinski definition) is 4. The van der Waals surface area contributed by atoms with Gasteiger partial charge in [-0.05, 0) is 71.2 Å². The van der Waals surface area contributed by atoms with Crippen LogP contribution < -0.4 is 4.74 Å². The lowest BCUT2D eigenvalue weighted by atomic mass is 10.1. The third kappa shape index (κ3) is 3.52. The van der Waals surface area contributed by atoms with Gasteiger partial charge in [0, 0.05) is 0 Å². The van der Waals surface area contributed by atoms with Gasteiger partial charge in [-0.2, -0.15) is 5.26 Å². The largest absolute Gasteiger partial charge is 0.503 e. The fourth-order valence-electron chi connectivity index (χ4n) is 2.51. The number of aromatic nitrogens is 2. The Morgan fingerprint density at radius 2 is 2.20 bits per heavy atom. The van der Waals surface area contributed by atoms with Crippen molar-refractivity contribution in [2.45, 2.75) is 13.8 Å². The second kappa shape index (κ2) is 6.99. The van der Waals surface area contributed by atoms with Crippen LogP contribution in [0.2, 0.25) is 0 Å². The molecule has 0 spiro atoms. The van der Waals surface area contributed by atoms with Crippen LogP contribution in [0.3, 0.4) is 0 Å². The van der Waals surface area contributed by atoms with Crippen LogP contribution in [0.5, 0.6) is 11.5 Å². The Kier molecular flexibility index (Phi) is 4.77. The number of aromatic hydroxyl groups is 1. The van der Waals surface area contributed by atoms with E-state index < -0.39 is 0 Å². The number of ether oxygens (including phenoxy) is 1. The summed E-state index contributed by atoms with van der Waals surface area (Å²) in [6.07, 6.45) is 1.71. The number of phenolic OH excluding ortho intramolecular Hbond substituents is 1. The second-order valence-electron chi connectivity index (χ2n) is 5.56. The summed E-state index contributed by atoms with van der Waals surface area (Å²) in [5.74, 6) is 0.905. The highest BCUT2D eigenvalue weighted by Crippen LogP contribution is 2.36. The van der Waals surface area contributed by atoms with Crippen LogP contribution >= 0.6 is 15.9 Å². The third-order valence-electron chi connectivity index (χ3n) is 3.67. The number of aromatic amines is 1. The zero-order valence-electron chi connectivity index (χ0n) is 13.8. The minimum absolute atomic E-state index is 0.0386. The first-order valence-electron chi connectivity index (χ1n) is 7.75. The molecular formula is C19H16BrN3O2. The monoisotopic (exact) mass is 397 g/mol. The molecule has 0 bridgehead atoms. The molecule has 0 atom stereocenters. The minimum Gasteiger partial charge on any atom is -0.503 e. The summed E-state index contributed by atoms with van der Waals surface area (Å²) in [6, 6.07) is 11.5. The SMILES string of the molecule is CCOc1cc(C=C(C#N)c2nc3ccc(C)cc3[nH]2)cc(Br)c1O. The van der Waals surface area contributed by atoms with E-state index in [1.165, 1.54) is 0 Å². The molecular weight excluding hydrogens is 382 g/mol. The maximum atomic E-state index is 10.0. The lowest BCUT2D eigenvalue weighted by molar-refractivity contribution is 0.317. The smallest absolute Gasteiger partial charge is 0.172 e. The molecule has 0 aliphatic rings. The van der Waals surface area contributed by atoms with E-state index in [4.69, 9.17) is 4.74 Å². The van der Waals surface area contributed by atoms with Crippen molar-refractivity contribution >= 4 is 38.6 Å². The van der Waals surface area contributed by atoms with Gasteiger partial charge in [-0.1, -0.05) is 6.07 Å². The molecule has 0 aliphatic carbocycles. The number of allylic oxidation sites excluding steroid dienone is 1. The zero-order chi connectivity index (χ0) is 18.0. The van der Waals surface area contributed by atoms with Crippen LogP contribution in [-0.4, -0.2) is 21.7 Å². The van der Waals surface area contributed by atoms with E-state index in [1.54, 1.807) is 18.2 Å². The highest BCUT2D eigenvalue weighted by atomic mass is 79.9. The van der Waals surface area contributed by atoms with Crippen molar-refractivity contribution in [1.29, 1.82) is 5.26 Å². The Bertz CT molecular complexity index is 1020. The maximum absolute atomic E-state index is 10.0. The van der Waals surface area contributed by atoms with E-state index in [0.29, 0.717) is 28.2 Å². The van der Waals surface area contributed by atoms with E-state index in [1.807, 2.05) is 32.0 Å². The summed E-state index contributed by atoms with van der Waals surface area (Å²) in [5.41, 5.74) is 3.94. The number of phenols is 1. The highest BCUT2D eigenvalue weighted by Gasteiger charge is 2.11. The first-order chi connectivity index (χ1) is 12.0. The summed E-state index contributed by atoms with van der Waals surface area (Å²) in [5, 5.41) is 19.6. The van der Waals surface area contributed by atoms with Crippen LogP contribution in [0, 0.1) is 18.3 Å². The number of fused-ring (bicyclic) bond motifs is 1. The minimum atomic E-state index is 0.0386. The van der Waals surface area contributed by atoms with Gasteiger partial charge in [-0.25, -0.2) is 4.98 Å². The van der Waals surface area contributed by atoms with Crippen molar-refractivity contribution in [3.05, 3.63) is 51.8 Å². The summed E-state index contributed by atoms with van der Waals surface area (Å²) >= 11 is 3.31. The molecule has 5 nitrogen and oxygen atoms in total. The Labute approximate surface area is 153 Å². The predicted octanol–water partition coefficient (Wildman–Crippen LogP) is 4.80. The van der Waals surface area contributed by atoms with Gasteiger partial charge in [0.1, 0.15) is 11.9 Å². The summed E-state index contributed by atoms with van der Waals surface area (Å²) in [7, 11) is 0. The van der Waals surface area contributed by atoms with E-state index in [2.05, 4.69) is 32.0 Å². The summed E-state index contributed by atoms with van der Waals surface area (Å²) < 4.78 is 5.93. The van der Waals surface area contributed by atoms with Crippen molar-refractivity contribution in [2.75, 3.05) is 6.61 Å². The highest BCUT2D eigenvalue weighted by molar-refractivity contribution is 9.10. The van der Waals surface area contributed by atoms with E-state index >= 15 is 0 Å². The number of aryl methyl sites for hydroxylation is 1. The van der Waals surface area contributed by atoms with Gasteiger partial charge in [-0.15, -0.1) is 0 Å². The average Bonchev–Trinajstić information content (AvgIpc) is 3.00. The van der Waals surface area contributed by atoms with Crippen LogP contribution in [0.15, 0.2) is 34.8 Å². The molecule has 0 unspecified atom stereocenters. The molecule has 6 heteroatoms. The molecule has 126 valence electrons. The second-order valence-corrected chi connectivity index (χ2v) is 6.41. The van der Waals surface area contributed by atoms with E-state index in [0.717, 1.165) is 22.2 Å². The zero-order valence-corrected chi connectivity index (χ0v) is 15.4. The topological polar surface area (TPSA) is 81.9 Å². The molecule has 2 N–H and O–H groups in total. The van der Waals surface area contributed by atoms with Crippen molar-refractivity contribution in [1.82, 2.24) is 9.97 Å². The van der Waals surface area contributed by atoms with Gasteiger partial charge in [0.15, 0.2) is 11.5 Å². The predicted molar refractivity (Wildman–Crippen MR) is 101 cm³/mol. The van der Waals surface area contributed by atoms with Gasteiger partial charge in [0.2, 0.25) is 0 Å². The fraction of sp³-hybridized carbons (Fsp3) is 0.158. The Balaban J connectivity index is 2.06. The maximum Gasteiger partial charge on any atom is 0.172 e. The summed E-state index contributed by atoms with van der Waals surface area (Å²) in [4.78, 5) is 7.66. The molecule has 0 radical (unpaired) electrons. The number of halogens is 1. The molecule has 3 rings (SSSR count). The van der Waals surface area contributed by atoms with Gasteiger partial charge in [0.25, 0.3) is 0 Å². The average molecular weight is 398 g/mol. The number of imidazole rings is 1. The van der Waals surface area contributed by atoms with Gasteiger partial charge < -0.3 is 14.8 Å². The van der Waals surface area contributed by atoms with Gasteiger partial charge >= 0.3 is 0 Å². The molecule has 2 aromatic carbocycles. The van der Waals surface area contributed by atoms with Gasteiger partial charge in [0.05, 0.1) is 27.7 Å². The number of benzene rings is 2. The molecule has 0 saturated heterocycles. The van der Waals surface area contributed by atoms with Gasteiger partial charge in [-0.3, -0.25) is 0 Å². The fourth-order valence-corrected chi connectivity index (χ4v) is 2.97. The van der Waals surface area contributed by atoms with Crippen molar-refractivity contribution in [2.24, 2.45) is 0 Å². The molecule has 0 saturated carbocycles. The lowest BCUT2D eigenvalue weighted by Crippen LogP contribution is -1.93. The first-order valence-corrected chi connectivity index (χ1v) is 8.55. The Morgan fingerprint density at radius 1 is 1.40 bits per heavy atom. The standard InChI is InChI=1S/C19H16BrN3O2/c1-3-25-17-9-12(8-14(20)18(17)24)7-13(10-21)19-22-15-5-4-11(2)6-16(15)23-19/h4-9,24H,3H2,1-2H3,(H,22,23). The molecule has 0 fully saturated rings. The van der Waals surface area contributed by atoms with Crippen LogP contribution in [0.4, 0.5) is 0 Å². The number of nitriles is 1. The summed E-state index contributed by atoms with van der Waals surface area (Å²) in [6.45, 7) is 4.28. The number of hydrogen-bond donors (Lipinski definition) is 2. The molecule has 1 aromatic heterocycles. The molecule has 1 heterocycles. The Hall–Kier alpha value is -2.78. The third-order valence-corrected chi connectivity index (χ3v) is 4.28. The first kappa shape index (κ1) is 17.1. The number of nitrogens with zero attached hydrogens (tertiary/aromatic N) is 2. The molecule has 25 heavy (non-hydrogen) atoms. The lowest BCUT2D eigenvalue weighted by Gasteiger charge is -2.08. The van der Waals surface area contributed by atoms with E-state index in [9.17, 15) is 10.4 Å². The van der Waals surface area contributed by atoms with Crippen LogP contribution in [-0.2, 0) is 0 Å². The quantitative estimate of drug-likeness (QED) is 0.619. The molecule has 0 amide bonds. The van der Waals surface area contributed by atoms with Crippen LogP contribution in [0.25, 0.3) is 22.7 Å².